The van der Waals surface area contributed by atoms with Gasteiger partial charge in [-0.2, -0.15) is 0 Å². The summed E-state index contributed by atoms with van der Waals surface area (Å²) in [6.07, 6.45) is 3.35. The van der Waals surface area contributed by atoms with Crippen LogP contribution in [0.4, 0.5) is 11.4 Å². The molecule has 6 nitrogen and oxygen atoms in total. The van der Waals surface area contributed by atoms with Gasteiger partial charge in [0.05, 0.1) is 13.2 Å². The zero-order valence-corrected chi connectivity index (χ0v) is 14.9. The van der Waals surface area contributed by atoms with Crippen molar-refractivity contribution in [3.8, 4) is 0 Å². The van der Waals surface area contributed by atoms with Crippen LogP contribution in [0.3, 0.4) is 0 Å². The van der Waals surface area contributed by atoms with E-state index in [9.17, 15) is 4.79 Å². The van der Waals surface area contributed by atoms with E-state index in [0.717, 1.165) is 42.9 Å². The molecule has 3 heterocycles. The highest BCUT2D eigenvalue weighted by atomic mass is 16.7. The van der Waals surface area contributed by atoms with Crippen LogP contribution in [0.5, 0.6) is 0 Å². The summed E-state index contributed by atoms with van der Waals surface area (Å²) in [5, 5.41) is 2.90. The minimum atomic E-state index is -0.394. The van der Waals surface area contributed by atoms with Crippen LogP contribution in [0.2, 0.25) is 0 Å². The number of aromatic nitrogens is 1. The fourth-order valence-electron chi connectivity index (χ4n) is 3.46. The Labute approximate surface area is 153 Å². The summed E-state index contributed by atoms with van der Waals surface area (Å²) in [4.78, 5) is 19.0. The number of hydrogen-bond donors (Lipinski definition) is 1. The van der Waals surface area contributed by atoms with Crippen molar-refractivity contribution >= 4 is 17.3 Å². The Morgan fingerprint density at radius 2 is 1.81 bits per heavy atom. The van der Waals surface area contributed by atoms with Crippen molar-refractivity contribution in [1.29, 1.82) is 0 Å². The van der Waals surface area contributed by atoms with E-state index < -0.39 is 5.79 Å². The summed E-state index contributed by atoms with van der Waals surface area (Å²) in [5.41, 5.74) is 3.34. The van der Waals surface area contributed by atoms with E-state index >= 15 is 0 Å². The van der Waals surface area contributed by atoms with Gasteiger partial charge in [-0.15, -0.1) is 0 Å². The summed E-state index contributed by atoms with van der Waals surface area (Å²) < 4.78 is 11.6. The SMILES string of the molecule is Cc1ccc(NC(=O)c2cc(N3CCC4(CC3)OCCO4)ccn2)cc1. The molecule has 1 spiro atoms. The van der Waals surface area contributed by atoms with Gasteiger partial charge in [-0.1, -0.05) is 17.7 Å². The third kappa shape index (κ3) is 3.57. The van der Waals surface area contributed by atoms with Crippen molar-refractivity contribution in [1.82, 2.24) is 4.98 Å². The van der Waals surface area contributed by atoms with Crippen LogP contribution in [0, 0.1) is 6.92 Å². The molecular weight excluding hydrogens is 330 g/mol. The van der Waals surface area contributed by atoms with Crippen LogP contribution in [0.1, 0.15) is 28.9 Å². The maximum Gasteiger partial charge on any atom is 0.274 e. The molecule has 2 fully saturated rings. The average molecular weight is 353 g/mol. The smallest absolute Gasteiger partial charge is 0.274 e. The van der Waals surface area contributed by atoms with Crippen LogP contribution < -0.4 is 10.2 Å². The first-order valence-electron chi connectivity index (χ1n) is 9.01. The summed E-state index contributed by atoms with van der Waals surface area (Å²) in [6, 6.07) is 11.5. The van der Waals surface area contributed by atoms with Gasteiger partial charge in [0.15, 0.2) is 5.79 Å². The number of hydrogen-bond acceptors (Lipinski definition) is 5. The van der Waals surface area contributed by atoms with E-state index in [1.165, 1.54) is 0 Å². The van der Waals surface area contributed by atoms with E-state index in [0.29, 0.717) is 18.9 Å². The Balaban J connectivity index is 1.43. The van der Waals surface area contributed by atoms with Crippen LogP contribution in [-0.2, 0) is 9.47 Å². The number of nitrogens with zero attached hydrogens (tertiary/aromatic N) is 2. The van der Waals surface area contributed by atoms with E-state index in [1.54, 1.807) is 6.20 Å². The van der Waals surface area contributed by atoms with Crippen molar-refractivity contribution in [2.24, 2.45) is 0 Å². The molecule has 0 bridgehead atoms. The predicted molar refractivity (Wildman–Crippen MR) is 99.5 cm³/mol. The Hall–Kier alpha value is -2.44. The molecule has 2 saturated heterocycles. The Morgan fingerprint density at radius 1 is 1.12 bits per heavy atom. The van der Waals surface area contributed by atoms with Crippen molar-refractivity contribution in [3.05, 3.63) is 53.9 Å². The molecule has 6 heteroatoms. The van der Waals surface area contributed by atoms with Crippen LogP contribution in [-0.4, -0.2) is 43.0 Å². The molecule has 0 saturated carbocycles. The standard InChI is InChI=1S/C20H23N3O3/c1-15-2-4-16(5-3-15)22-19(24)18-14-17(6-9-21-18)23-10-7-20(8-11-23)25-12-13-26-20/h2-6,9,14H,7-8,10-13H2,1H3,(H,22,24). The van der Waals surface area contributed by atoms with E-state index in [-0.39, 0.29) is 5.91 Å². The van der Waals surface area contributed by atoms with Crippen LogP contribution in [0.25, 0.3) is 0 Å². The van der Waals surface area contributed by atoms with Gasteiger partial charge in [0.25, 0.3) is 5.91 Å². The molecule has 1 amide bonds. The number of anilines is 2. The molecule has 136 valence electrons. The lowest BCUT2D eigenvalue weighted by molar-refractivity contribution is -0.169. The third-order valence-corrected chi connectivity index (χ3v) is 4.99. The number of benzene rings is 1. The number of nitrogens with one attached hydrogen (secondary N) is 1. The number of ether oxygens (including phenoxy) is 2. The Morgan fingerprint density at radius 3 is 2.50 bits per heavy atom. The first-order valence-corrected chi connectivity index (χ1v) is 9.01. The number of carbonyl (C=O) groups is 1. The summed E-state index contributed by atoms with van der Waals surface area (Å²) in [5.74, 6) is -0.596. The molecule has 0 radical (unpaired) electrons. The van der Waals surface area contributed by atoms with Gasteiger partial charge in [-0.3, -0.25) is 9.78 Å². The van der Waals surface area contributed by atoms with Gasteiger partial charge < -0.3 is 19.7 Å². The van der Waals surface area contributed by atoms with Crippen LogP contribution >= 0.6 is 0 Å². The molecule has 2 aliphatic rings. The second-order valence-electron chi connectivity index (χ2n) is 6.81. The number of aryl methyl sites for hydroxylation is 1. The van der Waals surface area contributed by atoms with E-state index in [4.69, 9.17) is 9.47 Å². The largest absolute Gasteiger partial charge is 0.371 e. The Kier molecular flexibility index (Phi) is 4.61. The second-order valence-corrected chi connectivity index (χ2v) is 6.81. The van der Waals surface area contributed by atoms with Gasteiger partial charge in [-0.05, 0) is 31.2 Å². The number of rotatable bonds is 3. The van der Waals surface area contributed by atoms with Crippen molar-refractivity contribution in [2.45, 2.75) is 25.6 Å². The number of carbonyl (C=O) groups excluding carboxylic acids is 1. The molecule has 26 heavy (non-hydrogen) atoms. The maximum absolute atomic E-state index is 12.5. The molecular formula is C20H23N3O3. The minimum absolute atomic E-state index is 0.202. The Bertz CT molecular complexity index is 775. The average Bonchev–Trinajstić information content (AvgIpc) is 3.12. The van der Waals surface area contributed by atoms with E-state index in [2.05, 4.69) is 15.2 Å². The first-order chi connectivity index (χ1) is 12.6. The molecule has 1 N–H and O–H groups in total. The highest BCUT2D eigenvalue weighted by Gasteiger charge is 2.39. The lowest BCUT2D eigenvalue weighted by Gasteiger charge is -2.38. The fraction of sp³-hybridized carbons (Fsp3) is 0.400. The van der Waals surface area contributed by atoms with Gasteiger partial charge >= 0.3 is 0 Å². The molecule has 2 aliphatic heterocycles. The monoisotopic (exact) mass is 353 g/mol. The van der Waals surface area contributed by atoms with Gasteiger partial charge in [0, 0.05) is 43.5 Å². The molecule has 2 aromatic rings. The second kappa shape index (κ2) is 7.05. The zero-order chi connectivity index (χ0) is 18.0. The van der Waals surface area contributed by atoms with Crippen molar-refractivity contribution < 1.29 is 14.3 Å². The number of amides is 1. The molecule has 1 aromatic heterocycles. The number of piperidine rings is 1. The summed E-state index contributed by atoms with van der Waals surface area (Å²) in [6.45, 7) is 5.05. The van der Waals surface area contributed by atoms with Gasteiger partial charge in [-0.25, -0.2) is 0 Å². The lowest BCUT2D eigenvalue weighted by atomic mass is 10.0. The van der Waals surface area contributed by atoms with E-state index in [1.807, 2.05) is 43.3 Å². The van der Waals surface area contributed by atoms with Gasteiger partial charge in [0.1, 0.15) is 5.69 Å². The summed E-state index contributed by atoms with van der Waals surface area (Å²) >= 11 is 0. The van der Waals surface area contributed by atoms with Gasteiger partial charge in [0.2, 0.25) is 0 Å². The molecule has 1 aromatic carbocycles. The highest BCUT2D eigenvalue weighted by molar-refractivity contribution is 6.03. The molecule has 0 atom stereocenters. The highest BCUT2D eigenvalue weighted by Crippen LogP contribution is 2.33. The van der Waals surface area contributed by atoms with Crippen LogP contribution in [0.15, 0.2) is 42.6 Å². The summed E-state index contributed by atoms with van der Waals surface area (Å²) in [7, 11) is 0. The molecule has 0 unspecified atom stereocenters. The predicted octanol–water partition coefficient (Wildman–Crippen LogP) is 2.99. The topological polar surface area (TPSA) is 63.7 Å². The first kappa shape index (κ1) is 17.0. The van der Waals surface area contributed by atoms with Crippen molar-refractivity contribution in [2.75, 3.05) is 36.5 Å². The lowest BCUT2D eigenvalue weighted by Crippen LogP contribution is -2.45. The number of pyridine rings is 1. The third-order valence-electron chi connectivity index (χ3n) is 4.99. The molecule has 0 aliphatic carbocycles. The zero-order valence-electron chi connectivity index (χ0n) is 14.9. The quantitative estimate of drug-likeness (QED) is 0.919. The maximum atomic E-state index is 12.5. The normalized spacial score (nSPS) is 18.9. The fourth-order valence-corrected chi connectivity index (χ4v) is 3.46. The molecule has 4 rings (SSSR count). The van der Waals surface area contributed by atoms with Crippen molar-refractivity contribution in [3.63, 3.8) is 0 Å². The minimum Gasteiger partial charge on any atom is -0.371 e.